The van der Waals surface area contributed by atoms with Gasteiger partial charge in [0.1, 0.15) is 5.82 Å². The smallest absolute Gasteiger partial charge is 0.490 e. The first-order valence-corrected chi connectivity index (χ1v) is 15.5. The standard InChI is InChI=1S/C37H35F3N4O5/c1-4-47-32-21-27(14-17-31(32)48-23(2)3)36(49-35(46)37(38,39)40,44-28-15-16-30-25(20-28)18-19-42-33(30)41)34(45)43-22-26-12-8-9-13-29(26)24-10-6-5-7-11-24/h5-21,23,44H,4,22H2,1-3H3,(H2,41,42)(H,43,45). The number of nitrogen functional groups attached to an aromatic ring is 1. The van der Waals surface area contributed by atoms with Crippen molar-refractivity contribution in [2.24, 2.45) is 0 Å². The van der Waals surface area contributed by atoms with Crippen molar-refractivity contribution in [3.63, 3.8) is 0 Å². The molecule has 1 amide bonds. The Morgan fingerprint density at radius 1 is 0.898 bits per heavy atom. The number of nitrogens with one attached hydrogen (secondary N) is 2. The molecule has 0 bridgehead atoms. The van der Waals surface area contributed by atoms with E-state index in [2.05, 4.69) is 15.6 Å². The van der Waals surface area contributed by atoms with E-state index in [1.165, 1.54) is 30.5 Å². The lowest BCUT2D eigenvalue weighted by molar-refractivity contribution is -0.213. The number of hydrogen-bond donors (Lipinski definition) is 3. The van der Waals surface area contributed by atoms with Crippen LogP contribution >= 0.6 is 0 Å². The molecule has 12 heteroatoms. The second-order valence-electron chi connectivity index (χ2n) is 11.3. The molecule has 49 heavy (non-hydrogen) atoms. The summed E-state index contributed by atoms with van der Waals surface area (Å²) in [5.74, 6) is -3.03. The SMILES string of the molecule is CCOc1cc(C(Nc2ccc3c(N)nccc3c2)(OC(=O)C(F)(F)F)C(=O)NCc2ccccc2-c2ccccc2)ccc1OC(C)C. The minimum Gasteiger partial charge on any atom is -0.490 e. The summed E-state index contributed by atoms with van der Waals surface area (Å²) in [5.41, 5.74) is 5.57. The first-order valence-electron chi connectivity index (χ1n) is 15.5. The van der Waals surface area contributed by atoms with Gasteiger partial charge in [0, 0.05) is 29.4 Å². The molecule has 1 unspecified atom stereocenters. The van der Waals surface area contributed by atoms with Crippen molar-refractivity contribution in [3.05, 3.63) is 114 Å². The highest BCUT2D eigenvalue weighted by molar-refractivity contribution is 5.96. The maximum Gasteiger partial charge on any atom is 0.491 e. The van der Waals surface area contributed by atoms with Crippen molar-refractivity contribution >= 4 is 34.2 Å². The molecule has 4 N–H and O–H groups in total. The molecule has 0 spiro atoms. The number of benzene rings is 4. The van der Waals surface area contributed by atoms with Gasteiger partial charge in [-0.15, -0.1) is 0 Å². The van der Waals surface area contributed by atoms with Crippen molar-refractivity contribution in [1.29, 1.82) is 0 Å². The Morgan fingerprint density at radius 2 is 1.63 bits per heavy atom. The molecule has 0 radical (unpaired) electrons. The number of anilines is 2. The van der Waals surface area contributed by atoms with Crippen molar-refractivity contribution < 1.29 is 37.0 Å². The maximum atomic E-state index is 14.5. The molecule has 9 nitrogen and oxygen atoms in total. The predicted molar refractivity (Wildman–Crippen MR) is 181 cm³/mol. The molecule has 1 heterocycles. The van der Waals surface area contributed by atoms with Crippen LogP contribution in [0.4, 0.5) is 24.7 Å². The van der Waals surface area contributed by atoms with Gasteiger partial charge < -0.3 is 30.6 Å². The number of halogens is 3. The average molecular weight is 673 g/mol. The summed E-state index contributed by atoms with van der Waals surface area (Å²) in [7, 11) is 0. The summed E-state index contributed by atoms with van der Waals surface area (Å²) in [5, 5.41) is 6.69. The van der Waals surface area contributed by atoms with Crippen molar-refractivity contribution in [1.82, 2.24) is 10.3 Å². The van der Waals surface area contributed by atoms with E-state index in [1.807, 2.05) is 42.5 Å². The molecule has 1 aromatic heterocycles. The van der Waals surface area contributed by atoms with Gasteiger partial charge in [0.05, 0.1) is 12.7 Å². The minimum atomic E-state index is -5.44. The lowest BCUT2D eigenvalue weighted by Crippen LogP contribution is -2.54. The summed E-state index contributed by atoms with van der Waals surface area (Å²) >= 11 is 0. The lowest BCUT2D eigenvalue weighted by atomic mass is 9.97. The number of fused-ring (bicyclic) bond motifs is 1. The van der Waals surface area contributed by atoms with Gasteiger partial charge >= 0.3 is 12.1 Å². The van der Waals surface area contributed by atoms with Crippen LogP contribution < -0.4 is 25.8 Å². The zero-order valence-corrected chi connectivity index (χ0v) is 27.0. The van der Waals surface area contributed by atoms with Crippen LogP contribution in [0.3, 0.4) is 0 Å². The molecule has 254 valence electrons. The number of nitrogens with zero attached hydrogens (tertiary/aromatic N) is 1. The minimum absolute atomic E-state index is 0.121. The number of aromatic nitrogens is 1. The van der Waals surface area contributed by atoms with E-state index in [0.717, 1.165) is 11.1 Å². The number of carbonyl (C=O) groups is 2. The fraction of sp³-hybridized carbons (Fsp3) is 0.216. The molecule has 5 aromatic rings. The van der Waals surface area contributed by atoms with Crippen molar-refractivity contribution in [3.8, 4) is 22.6 Å². The van der Waals surface area contributed by atoms with Gasteiger partial charge in [0.2, 0.25) is 0 Å². The normalized spacial score (nSPS) is 12.6. The average Bonchev–Trinajstić information content (AvgIpc) is 3.07. The van der Waals surface area contributed by atoms with Gasteiger partial charge in [0.15, 0.2) is 11.5 Å². The Hall–Kier alpha value is -5.78. The van der Waals surface area contributed by atoms with E-state index in [1.54, 1.807) is 51.1 Å². The first kappa shape index (κ1) is 34.6. The molecule has 0 aliphatic carbocycles. The fourth-order valence-electron chi connectivity index (χ4n) is 5.29. The van der Waals surface area contributed by atoms with Gasteiger partial charge in [-0.05, 0) is 85.3 Å². The number of pyridine rings is 1. The van der Waals surface area contributed by atoms with Crippen LogP contribution in [0, 0.1) is 0 Å². The summed E-state index contributed by atoms with van der Waals surface area (Å²) in [4.78, 5) is 31.2. The number of hydrogen-bond acceptors (Lipinski definition) is 8. The van der Waals surface area contributed by atoms with E-state index in [4.69, 9.17) is 19.9 Å². The largest absolute Gasteiger partial charge is 0.491 e. The molecule has 0 aliphatic rings. The predicted octanol–water partition coefficient (Wildman–Crippen LogP) is 7.36. The molecule has 4 aromatic carbocycles. The van der Waals surface area contributed by atoms with Gasteiger partial charge in [0.25, 0.3) is 11.6 Å². The maximum absolute atomic E-state index is 14.5. The number of rotatable bonds is 12. The van der Waals surface area contributed by atoms with Crippen LogP contribution in [-0.4, -0.2) is 35.7 Å². The molecule has 5 rings (SSSR count). The summed E-state index contributed by atoms with van der Waals surface area (Å²) in [6.45, 7) is 5.35. The molecular formula is C37H35F3N4O5. The lowest BCUT2D eigenvalue weighted by Gasteiger charge is -2.35. The van der Waals surface area contributed by atoms with E-state index < -0.39 is 23.8 Å². The van der Waals surface area contributed by atoms with Gasteiger partial charge in [-0.2, -0.15) is 13.2 Å². The van der Waals surface area contributed by atoms with E-state index in [-0.39, 0.29) is 47.8 Å². The van der Waals surface area contributed by atoms with Gasteiger partial charge in [-0.3, -0.25) is 4.79 Å². The highest BCUT2D eigenvalue weighted by Crippen LogP contribution is 2.38. The third-order valence-corrected chi connectivity index (χ3v) is 7.47. The fourth-order valence-corrected chi connectivity index (χ4v) is 5.29. The molecule has 0 saturated carbocycles. The molecule has 0 aliphatic heterocycles. The number of esters is 1. The summed E-state index contributed by atoms with van der Waals surface area (Å²) in [6, 6.07) is 27.1. The third-order valence-electron chi connectivity index (χ3n) is 7.47. The van der Waals surface area contributed by atoms with Crippen molar-refractivity contribution in [2.75, 3.05) is 17.7 Å². The summed E-state index contributed by atoms with van der Waals surface area (Å²) < 4.78 is 58.7. The number of alkyl halides is 3. The van der Waals surface area contributed by atoms with E-state index >= 15 is 0 Å². The number of amides is 1. The molecule has 0 saturated heterocycles. The second kappa shape index (κ2) is 14.5. The van der Waals surface area contributed by atoms with Crippen molar-refractivity contribution in [2.45, 2.75) is 45.3 Å². The molecular weight excluding hydrogens is 637 g/mol. The summed E-state index contributed by atoms with van der Waals surface area (Å²) in [6.07, 6.45) is -4.25. The molecule has 1 atom stereocenters. The van der Waals surface area contributed by atoms with E-state index in [9.17, 15) is 22.8 Å². The zero-order valence-electron chi connectivity index (χ0n) is 27.0. The quantitative estimate of drug-likeness (QED) is 0.0928. The van der Waals surface area contributed by atoms with Crippen LogP contribution in [0.25, 0.3) is 21.9 Å². The first-order chi connectivity index (χ1) is 23.4. The Kier molecular flexibility index (Phi) is 10.3. The number of nitrogens with two attached hydrogens (primary N) is 1. The Bertz CT molecular complexity index is 1950. The highest BCUT2D eigenvalue weighted by Gasteiger charge is 2.52. The number of carbonyl (C=O) groups excluding carboxylic acids is 2. The second-order valence-corrected chi connectivity index (χ2v) is 11.3. The van der Waals surface area contributed by atoms with Gasteiger partial charge in [-0.1, -0.05) is 54.6 Å². The monoisotopic (exact) mass is 672 g/mol. The van der Waals surface area contributed by atoms with Gasteiger partial charge in [-0.25, -0.2) is 9.78 Å². The van der Waals surface area contributed by atoms with Crippen LogP contribution in [0.15, 0.2) is 103 Å². The molecule has 0 fully saturated rings. The van der Waals surface area contributed by atoms with Crippen LogP contribution in [-0.2, 0) is 26.6 Å². The number of ether oxygens (including phenoxy) is 3. The highest BCUT2D eigenvalue weighted by atomic mass is 19.4. The third kappa shape index (κ3) is 7.86. The van der Waals surface area contributed by atoms with Crippen LogP contribution in [0.1, 0.15) is 31.9 Å². The Morgan fingerprint density at radius 3 is 2.35 bits per heavy atom. The zero-order chi connectivity index (χ0) is 35.2. The topological polar surface area (TPSA) is 125 Å². The Labute approximate surface area is 281 Å². The Balaban J connectivity index is 1.66. The van der Waals surface area contributed by atoms with E-state index in [0.29, 0.717) is 16.3 Å². The van der Waals surface area contributed by atoms with Crippen LogP contribution in [0.2, 0.25) is 0 Å². The van der Waals surface area contributed by atoms with Crippen LogP contribution in [0.5, 0.6) is 11.5 Å².